The van der Waals surface area contributed by atoms with Crippen molar-refractivity contribution in [2.24, 2.45) is 0 Å². The van der Waals surface area contributed by atoms with Gasteiger partial charge in [0.05, 0.1) is 24.8 Å². The lowest BCUT2D eigenvalue weighted by atomic mass is 10.0. The molecule has 3 aromatic rings. The van der Waals surface area contributed by atoms with E-state index < -0.39 is 17.7 Å². The Morgan fingerprint density at radius 3 is 2.26 bits per heavy atom. The number of hydrogen-bond acceptors (Lipinski definition) is 5. The number of methoxy groups -OCH3 is 1. The molecule has 1 N–H and O–H groups in total. The molecule has 0 aliphatic rings. The molecule has 0 radical (unpaired) electrons. The molecule has 0 spiro atoms. The van der Waals surface area contributed by atoms with Crippen LogP contribution < -0.4 is 10.1 Å². The third kappa shape index (κ3) is 9.12. The number of amides is 1. The second-order valence-corrected chi connectivity index (χ2v) is 9.11. The van der Waals surface area contributed by atoms with Gasteiger partial charge in [-0.25, -0.2) is 0 Å². The SMILES string of the molecule is CCCCCC[C@@H](Oc1ccc(C(=O)NCCC(=O)OC)cc1)c1ccc(-c2ccc(C(F)(F)F)cc2)nc1. The highest BCUT2D eigenvalue weighted by Gasteiger charge is 2.30. The van der Waals surface area contributed by atoms with Gasteiger partial charge in [-0.1, -0.05) is 44.4 Å². The van der Waals surface area contributed by atoms with E-state index in [1.165, 1.54) is 19.2 Å². The predicted octanol–water partition coefficient (Wildman–Crippen LogP) is 7.15. The molecule has 0 unspecified atom stereocenters. The zero-order chi connectivity index (χ0) is 28.3. The first-order chi connectivity index (χ1) is 18.7. The third-order valence-corrected chi connectivity index (χ3v) is 6.22. The highest BCUT2D eigenvalue weighted by Crippen LogP contribution is 2.32. The van der Waals surface area contributed by atoms with Gasteiger partial charge in [-0.15, -0.1) is 0 Å². The third-order valence-electron chi connectivity index (χ3n) is 6.22. The van der Waals surface area contributed by atoms with Crippen LogP contribution in [-0.4, -0.2) is 30.5 Å². The second kappa shape index (κ2) is 14.3. The topological polar surface area (TPSA) is 77.5 Å². The quantitative estimate of drug-likeness (QED) is 0.183. The zero-order valence-electron chi connectivity index (χ0n) is 22.1. The number of unbranched alkanes of at least 4 members (excludes halogenated alkanes) is 3. The van der Waals surface area contributed by atoms with E-state index in [0.29, 0.717) is 22.6 Å². The lowest BCUT2D eigenvalue weighted by Gasteiger charge is -2.20. The number of esters is 1. The fourth-order valence-electron chi connectivity index (χ4n) is 3.98. The van der Waals surface area contributed by atoms with Gasteiger partial charge in [0, 0.05) is 29.4 Å². The number of carbonyl (C=O) groups excluding carboxylic acids is 2. The molecule has 208 valence electrons. The molecule has 1 aromatic heterocycles. The lowest BCUT2D eigenvalue weighted by molar-refractivity contribution is -0.140. The van der Waals surface area contributed by atoms with Crippen molar-refractivity contribution in [2.45, 2.75) is 57.7 Å². The minimum absolute atomic E-state index is 0.0921. The van der Waals surface area contributed by atoms with Crippen LogP contribution in [0.3, 0.4) is 0 Å². The Hall–Kier alpha value is -3.88. The molecule has 0 saturated carbocycles. The number of pyridine rings is 1. The standard InChI is InChI=1S/C30H33F3N2O4/c1-3-4-5-6-7-27(39-25-15-10-22(11-16-25)29(37)34-19-18-28(36)38-2)23-12-17-26(35-20-23)21-8-13-24(14-9-21)30(31,32)33/h8-17,20,27H,3-7,18-19H2,1-2H3,(H,34,37)/t27-/m1/s1. The first kappa shape index (κ1) is 29.7. The fraction of sp³-hybridized carbons (Fsp3) is 0.367. The van der Waals surface area contributed by atoms with Gasteiger partial charge in [0.1, 0.15) is 11.9 Å². The summed E-state index contributed by atoms with van der Waals surface area (Å²) in [6.07, 6.45) is 2.14. The van der Waals surface area contributed by atoms with Gasteiger partial charge in [0.2, 0.25) is 0 Å². The largest absolute Gasteiger partial charge is 0.486 e. The van der Waals surface area contributed by atoms with E-state index in [1.807, 2.05) is 6.07 Å². The maximum atomic E-state index is 12.9. The Bertz CT molecular complexity index is 1190. The van der Waals surface area contributed by atoms with Crippen molar-refractivity contribution in [3.63, 3.8) is 0 Å². The van der Waals surface area contributed by atoms with Crippen LogP contribution in [0.2, 0.25) is 0 Å². The summed E-state index contributed by atoms with van der Waals surface area (Å²) in [6, 6.07) is 15.3. The summed E-state index contributed by atoms with van der Waals surface area (Å²) in [7, 11) is 1.30. The Kier molecular flexibility index (Phi) is 10.9. The van der Waals surface area contributed by atoms with Gasteiger partial charge in [0.25, 0.3) is 5.91 Å². The molecule has 0 saturated heterocycles. The molecule has 1 atom stereocenters. The van der Waals surface area contributed by atoms with Crippen molar-refractivity contribution in [3.8, 4) is 17.0 Å². The normalized spacial score (nSPS) is 12.0. The van der Waals surface area contributed by atoms with Crippen molar-refractivity contribution in [1.29, 1.82) is 0 Å². The van der Waals surface area contributed by atoms with Crippen LogP contribution in [0.15, 0.2) is 66.9 Å². The smallest absolute Gasteiger partial charge is 0.416 e. The van der Waals surface area contributed by atoms with Crippen LogP contribution in [0, 0.1) is 0 Å². The lowest BCUT2D eigenvalue weighted by Crippen LogP contribution is -2.26. The van der Waals surface area contributed by atoms with E-state index >= 15 is 0 Å². The number of nitrogens with one attached hydrogen (secondary N) is 1. The number of hydrogen-bond donors (Lipinski definition) is 1. The Morgan fingerprint density at radius 1 is 0.949 bits per heavy atom. The molecule has 0 aliphatic carbocycles. The Morgan fingerprint density at radius 2 is 1.67 bits per heavy atom. The van der Waals surface area contributed by atoms with E-state index in [1.54, 1.807) is 36.5 Å². The average molecular weight is 543 g/mol. The number of carbonyl (C=O) groups is 2. The minimum atomic E-state index is -4.38. The molecular weight excluding hydrogens is 509 g/mol. The first-order valence-electron chi connectivity index (χ1n) is 13.0. The predicted molar refractivity (Wildman–Crippen MR) is 142 cm³/mol. The van der Waals surface area contributed by atoms with E-state index in [4.69, 9.17) is 4.74 Å². The maximum Gasteiger partial charge on any atom is 0.416 e. The number of aromatic nitrogens is 1. The fourth-order valence-corrected chi connectivity index (χ4v) is 3.98. The number of alkyl halides is 3. The van der Waals surface area contributed by atoms with Crippen LogP contribution in [0.4, 0.5) is 13.2 Å². The highest BCUT2D eigenvalue weighted by atomic mass is 19.4. The van der Waals surface area contributed by atoms with Gasteiger partial charge < -0.3 is 14.8 Å². The van der Waals surface area contributed by atoms with E-state index in [-0.39, 0.29) is 25.0 Å². The molecule has 1 amide bonds. The molecule has 39 heavy (non-hydrogen) atoms. The number of benzene rings is 2. The summed E-state index contributed by atoms with van der Waals surface area (Å²) in [5.41, 5.74) is 1.75. The van der Waals surface area contributed by atoms with Crippen molar-refractivity contribution in [3.05, 3.63) is 83.6 Å². The summed E-state index contributed by atoms with van der Waals surface area (Å²) < 4.78 is 49.5. The summed E-state index contributed by atoms with van der Waals surface area (Å²) in [5, 5.41) is 2.67. The van der Waals surface area contributed by atoms with Crippen molar-refractivity contribution < 1.29 is 32.2 Å². The van der Waals surface area contributed by atoms with E-state index in [0.717, 1.165) is 49.8 Å². The summed E-state index contributed by atoms with van der Waals surface area (Å²) in [5.74, 6) is -0.107. The van der Waals surface area contributed by atoms with Crippen molar-refractivity contribution >= 4 is 11.9 Å². The van der Waals surface area contributed by atoms with Crippen molar-refractivity contribution in [2.75, 3.05) is 13.7 Å². The molecular formula is C30H33F3N2O4. The monoisotopic (exact) mass is 542 g/mol. The Balaban J connectivity index is 1.69. The van der Waals surface area contributed by atoms with Gasteiger partial charge in [-0.2, -0.15) is 13.2 Å². The van der Waals surface area contributed by atoms with Crippen LogP contribution >= 0.6 is 0 Å². The first-order valence-corrected chi connectivity index (χ1v) is 13.0. The van der Waals surface area contributed by atoms with Crippen LogP contribution in [0.1, 0.15) is 73.0 Å². The number of rotatable bonds is 13. The molecule has 6 nitrogen and oxygen atoms in total. The number of ether oxygens (including phenoxy) is 2. The molecule has 0 bridgehead atoms. The van der Waals surface area contributed by atoms with Crippen molar-refractivity contribution in [1.82, 2.24) is 10.3 Å². The average Bonchev–Trinajstić information content (AvgIpc) is 2.94. The zero-order valence-corrected chi connectivity index (χ0v) is 22.1. The second-order valence-electron chi connectivity index (χ2n) is 9.11. The summed E-state index contributed by atoms with van der Waals surface area (Å²) in [4.78, 5) is 28.0. The van der Waals surface area contributed by atoms with E-state index in [2.05, 4.69) is 22.0 Å². The molecule has 1 heterocycles. The van der Waals surface area contributed by atoms with Crippen LogP contribution in [0.5, 0.6) is 5.75 Å². The van der Waals surface area contributed by atoms with Gasteiger partial charge >= 0.3 is 12.1 Å². The summed E-state index contributed by atoms with van der Waals surface area (Å²) in [6.45, 7) is 2.32. The van der Waals surface area contributed by atoms with Gasteiger partial charge in [-0.3, -0.25) is 14.6 Å². The maximum absolute atomic E-state index is 12.9. The highest BCUT2D eigenvalue weighted by molar-refractivity contribution is 5.94. The van der Waals surface area contributed by atoms with Gasteiger partial charge in [0.15, 0.2) is 0 Å². The molecule has 0 aliphatic heterocycles. The van der Waals surface area contributed by atoms with Crippen LogP contribution in [0.25, 0.3) is 11.3 Å². The number of halogens is 3. The molecule has 3 rings (SSSR count). The van der Waals surface area contributed by atoms with E-state index in [9.17, 15) is 22.8 Å². The number of nitrogens with zero attached hydrogens (tertiary/aromatic N) is 1. The molecule has 9 heteroatoms. The minimum Gasteiger partial charge on any atom is -0.486 e. The molecule has 0 fully saturated rings. The van der Waals surface area contributed by atoms with Crippen LogP contribution in [-0.2, 0) is 15.7 Å². The Labute approximate surface area is 226 Å². The van der Waals surface area contributed by atoms with Gasteiger partial charge in [-0.05, 0) is 55.3 Å². The molecule has 2 aromatic carbocycles. The summed E-state index contributed by atoms with van der Waals surface area (Å²) >= 11 is 0.